The molecule has 2 atom stereocenters. The van der Waals surface area contributed by atoms with Gasteiger partial charge in [0.15, 0.2) is 0 Å². The van der Waals surface area contributed by atoms with Crippen LogP contribution in [0.15, 0.2) is 0 Å². The number of nitrogens with zero attached hydrogens (tertiary/aromatic N) is 2. The van der Waals surface area contributed by atoms with Gasteiger partial charge in [-0.05, 0) is 76.9 Å². The van der Waals surface area contributed by atoms with E-state index in [1.807, 2.05) is 0 Å². The van der Waals surface area contributed by atoms with Crippen molar-refractivity contribution in [2.45, 2.75) is 72.4 Å². The number of nitrogens with one attached hydrogen (secondary N) is 2. The van der Waals surface area contributed by atoms with E-state index in [1.54, 1.807) is 0 Å². The number of amides is 2. The maximum Gasteiger partial charge on any atom is 0.314 e. The number of carbonyl (C=O) groups is 1. The van der Waals surface area contributed by atoms with Crippen LogP contribution >= 0.6 is 0 Å². The number of rotatable bonds is 7. The molecule has 2 heterocycles. The summed E-state index contributed by atoms with van der Waals surface area (Å²) in [5, 5.41) is 6.26. The van der Waals surface area contributed by atoms with Crippen LogP contribution < -0.4 is 10.6 Å². The third-order valence-corrected chi connectivity index (χ3v) is 6.36. The summed E-state index contributed by atoms with van der Waals surface area (Å²) in [4.78, 5) is 17.4. The molecule has 2 saturated heterocycles. The molecule has 0 aliphatic carbocycles. The normalized spacial score (nSPS) is 24.8. The van der Waals surface area contributed by atoms with Crippen molar-refractivity contribution in [2.75, 3.05) is 39.3 Å². The Morgan fingerprint density at radius 3 is 2.31 bits per heavy atom. The van der Waals surface area contributed by atoms with Gasteiger partial charge >= 0.3 is 6.03 Å². The Morgan fingerprint density at radius 2 is 1.69 bits per heavy atom. The lowest BCUT2D eigenvalue weighted by Crippen LogP contribution is -2.52. The van der Waals surface area contributed by atoms with Gasteiger partial charge < -0.3 is 15.5 Å². The van der Waals surface area contributed by atoms with E-state index in [2.05, 4.69) is 55.1 Å². The minimum Gasteiger partial charge on any atom is -0.338 e. The molecule has 5 heteroatoms. The fourth-order valence-corrected chi connectivity index (χ4v) is 4.38. The van der Waals surface area contributed by atoms with Crippen LogP contribution in [0.5, 0.6) is 0 Å². The van der Waals surface area contributed by atoms with Crippen molar-refractivity contribution in [3.63, 3.8) is 0 Å². The van der Waals surface area contributed by atoms with Crippen LogP contribution in [0, 0.1) is 17.8 Å². The predicted octanol–water partition coefficient (Wildman–Crippen LogP) is 3.16. The van der Waals surface area contributed by atoms with Gasteiger partial charge in [-0.1, -0.05) is 20.8 Å². The topological polar surface area (TPSA) is 47.6 Å². The Hall–Kier alpha value is -0.810. The van der Waals surface area contributed by atoms with Crippen molar-refractivity contribution in [1.82, 2.24) is 20.4 Å². The molecule has 0 bridgehead atoms. The maximum absolute atomic E-state index is 12.3. The largest absolute Gasteiger partial charge is 0.338 e. The van der Waals surface area contributed by atoms with Crippen molar-refractivity contribution in [3.8, 4) is 0 Å². The van der Waals surface area contributed by atoms with E-state index >= 15 is 0 Å². The van der Waals surface area contributed by atoms with Crippen LogP contribution in [0.2, 0.25) is 0 Å². The first kappa shape index (κ1) is 21.5. The van der Waals surface area contributed by atoms with Gasteiger partial charge in [-0.3, -0.25) is 4.90 Å². The van der Waals surface area contributed by atoms with Crippen LogP contribution in [0.1, 0.15) is 60.3 Å². The molecule has 2 aliphatic rings. The Bertz CT molecular complexity index is 418. The lowest BCUT2D eigenvalue weighted by molar-refractivity contribution is 0.108. The summed E-state index contributed by atoms with van der Waals surface area (Å²) < 4.78 is 0. The third kappa shape index (κ3) is 6.73. The molecule has 2 N–H and O–H groups in total. The summed E-state index contributed by atoms with van der Waals surface area (Å²) in [6.07, 6.45) is 5.03. The van der Waals surface area contributed by atoms with E-state index < -0.39 is 0 Å². The highest BCUT2D eigenvalue weighted by Gasteiger charge is 2.26. The highest BCUT2D eigenvalue weighted by atomic mass is 16.2. The molecule has 0 aromatic rings. The summed E-state index contributed by atoms with van der Waals surface area (Å²) >= 11 is 0. The van der Waals surface area contributed by atoms with Gasteiger partial charge in [0.1, 0.15) is 0 Å². The molecule has 2 amide bonds. The van der Waals surface area contributed by atoms with E-state index in [0.717, 1.165) is 25.6 Å². The summed E-state index contributed by atoms with van der Waals surface area (Å²) in [7, 11) is 0. The minimum absolute atomic E-state index is 0.00250. The van der Waals surface area contributed by atoms with E-state index in [1.165, 1.54) is 45.3 Å². The molecular weight excluding hydrogens is 324 g/mol. The first-order chi connectivity index (χ1) is 12.4. The second-order valence-corrected chi connectivity index (χ2v) is 9.22. The van der Waals surface area contributed by atoms with Gasteiger partial charge in [-0.2, -0.15) is 0 Å². The molecule has 5 nitrogen and oxygen atoms in total. The standard InChI is InChI=1S/C21H42N4O/c1-16(2)20(24-11-8-18(5)9-12-24)14-23-21(26)22-13-19-7-6-10-25(15-19)17(3)4/h16-20H,6-15H2,1-5H3,(H2,22,23,26). The fraction of sp³-hybridized carbons (Fsp3) is 0.952. The zero-order valence-electron chi connectivity index (χ0n) is 17.8. The molecule has 2 aliphatic heterocycles. The summed E-state index contributed by atoms with van der Waals surface area (Å²) in [6, 6.07) is 1.05. The molecule has 2 rings (SSSR count). The van der Waals surface area contributed by atoms with E-state index in [9.17, 15) is 4.79 Å². The number of hydrogen-bond acceptors (Lipinski definition) is 3. The van der Waals surface area contributed by atoms with Gasteiger partial charge in [0.05, 0.1) is 0 Å². The van der Waals surface area contributed by atoms with Gasteiger partial charge in [0.25, 0.3) is 0 Å². The highest BCUT2D eigenvalue weighted by molar-refractivity contribution is 5.73. The first-order valence-electron chi connectivity index (χ1n) is 10.9. The number of piperidine rings is 2. The average Bonchev–Trinajstić information content (AvgIpc) is 2.61. The monoisotopic (exact) mass is 366 g/mol. The van der Waals surface area contributed by atoms with Crippen molar-refractivity contribution in [1.29, 1.82) is 0 Å². The molecule has 152 valence electrons. The van der Waals surface area contributed by atoms with E-state index in [4.69, 9.17) is 0 Å². The second kappa shape index (κ2) is 10.5. The Balaban J connectivity index is 1.71. The lowest BCUT2D eigenvalue weighted by atomic mass is 9.94. The zero-order chi connectivity index (χ0) is 19.1. The summed E-state index contributed by atoms with van der Waals surface area (Å²) in [5.74, 6) is 1.99. The molecule has 0 saturated carbocycles. The van der Waals surface area contributed by atoms with Crippen molar-refractivity contribution in [3.05, 3.63) is 0 Å². The molecule has 0 radical (unpaired) electrons. The Kier molecular flexibility index (Phi) is 8.68. The van der Waals surface area contributed by atoms with Crippen LogP contribution in [0.25, 0.3) is 0 Å². The van der Waals surface area contributed by atoms with Crippen LogP contribution in [-0.2, 0) is 0 Å². The van der Waals surface area contributed by atoms with Crippen molar-refractivity contribution >= 4 is 6.03 Å². The van der Waals surface area contributed by atoms with Crippen LogP contribution in [0.3, 0.4) is 0 Å². The Morgan fingerprint density at radius 1 is 1.00 bits per heavy atom. The van der Waals surface area contributed by atoms with Crippen molar-refractivity contribution < 1.29 is 4.79 Å². The van der Waals surface area contributed by atoms with Gasteiger partial charge in [-0.15, -0.1) is 0 Å². The Labute approximate surface area is 161 Å². The summed E-state index contributed by atoms with van der Waals surface area (Å²) in [6.45, 7) is 17.6. The van der Waals surface area contributed by atoms with Crippen LogP contribution in [0.4, 0.5) is 4.79 Å². The highest BCUT2D eigenvalue weighted by Crippen LogP contribution is 2.21. The van der Waals surface area contributed by atoms with Crippen LogP contribution in [-0.4, -0.2) is 67.2 Å². The summed E-state index contributed by atoms with van der Waals surface area (Å²) in [5.41, 5.74) is 0. The fourth-order valence-electron chi connectivity index (χ4n) is 4.38. The third-order valence-electron chi connectivity index (χ3n) is 6.36. The predicted molar refractivity (Wildman–Crippen MR) is 109 cm³/mol. The van der Waals surface area contributed by atoms with E-state index in [0.29, 0.717) is 23.9 Å². The molecule has 0 spiro atoms. The SMILES string of the molecule is CC1CCN(C(CNC(=O)NCC2CCCN(C(C)C)C2)C(C)C)CC1. The molecular formula is C21H42N4O. The number of carbonyl (C=O) groups excluding carboxylic acids is 1. The zero-order valence-corrected chi connectivity index (χ0v) is 17.8. The smallest absolute Gasteiger partial charge is 0.314 e. The number of urea groups is 1. The number of hydrogen-bond donors (Lipinski definition) is 2. The average molecular weight is 367 g/mol. The lowest BCUT2D eigenvalue weighted by Gasteiger charge is -2.39. The van der Waals surface area contributed by atoms with E-state index in [-0.39, 0.29) is 6.03 Å². The molecule has 0 aromatic carbocycles. The van der Waals surface area contributed by atoms with Gasteiger partial charge in [-0.25, -0.2) is 4.79 Å². The molecule has 26 heavy (non-hydrogen) atoms. The molecule has 2 unspecified atom stereocenters. The van der Waals surface area contributed by atoms with Crippen molar-refractivity contribution in [2.24, 2.45) is 17.8 Å². The minimum atomic E-state index is 0.00250. The second-order valence-electron chi connectivity index (χ2n) is 9.22. The van der Waals surface area contributed by atoms with Gasteiger partial charge in [0.2, 0.25) is 0 Å². The first-order valence-corrected chi connectivity index (χ1v) is 10.9. The maximum atomic E-state index is 12.3. The number of likely N-dealkylation sites (tertiary alicyclic amines) is 2. The molecule has 2 fully saturated rings. The quantitative estimate of drug-likeness (QED) is 0.727. The van der Waals surface area contributed by atoms with Gasteiger partial charge in [0, 0.05) is 31.7 Å². The molecule has 0 aromatic heterocycles.